The van der Waals surface area contributed by atoms with Gasteiger partial charge in [0.2, 0.25) is 0 Å². The molecule has 0 fully saturated rings. The number of ether oxygens (including phenoxy) is 1. The molecule has 10 heteroatoms. The first-order chi connectivity index (χ1) is 12.7. The molecule has 0 aliphatic heterocycles. The number of carbonyl (C=O) groups is 1. The van der Waals surface area contributed by atoms with Crippen LogP contribution in [0.15, 0.2) is 12.5 Å². The van der Waals surface area contributed by atoms with Crippen LogP contribution in [0.25, 0.3) is 0 Å². The molecule has 1 aromatic rings. The first kappa shape index (κ1) is 24.8. The topological polar surface area (TPSA) is 96.7 Å². The number of hydrogen-bond acceptors (Lipinski definition) is 7. The van der Waals surface area contributed by atoms with Crippen LogP contribution >= 0.6 is 0 Å². The minimum absolute atomic E-state index is 0.0155. The van der Waals surface area contributed by atoms with Gasteiger partial charge in [-0.05, 0) is 38.4 Å². The monoisotopic (exact) mass is 434 g/mol. The zero-order valence-corrected chi connectivity index (χ0v) is 20.0. The van der Waals surface area contributed by atoms with Gasteiger partial charge >= 0.3 is 5.97 Å². The van der Waals surface area contributed by atoms with E-state index in [1.165, 1.54) is 0 Å². The van der Waals surface area contributed by atoms with E-state index in [4.69, 9.17) is 13.3 Å². The highest BCUT2D eigenvalue weighted by atomic mass is 32.2. The Morgan fingerprint density at radius 3 is 2.43 bits per heavy atom. The summed E-state index contributed by atoms with van der Waals surface area (Å²) < 4.78 is 40.8. The third-order valence-corrected chi connectivity index (χ3v) is 10.2. The average molecular weight is 435 g/mol. The molecule has 0 aliphatic carbocycles. The van der Waals surface area contributed by atoms with Crippen LogP contribution in [0, 0.1) is 0 Å². The summed E-state index contributed by atoms with van der Waals surface area (Å²) in [5, 5.41) is 0.0279. The van der Waals surface area contributed by atoms with Crippen molar-refractivity contribution >= 4 is 24.4 Å². The molecule has 0 spiro atoms. The van der Waals surface area contributed by atoms with E-state index in [0.29, 0.717) is 6.42 Å². The van der Waals surface area contributed by atoms with Crippen molar-refractivity contribution < 1.29 is 26.6 Å². The number of carbonyl (C=O) groups excluding carboxylic acids is 1. The number of imidazole rings is 1. The van der Waals surface area contributed by atoms with Gasteiger partial charge in [-0.15, -0.1) is 0 Å². The van der Waals surface area contributed by atoms with Crippen molar-refractivity contribution in [3.63, 3.8) is 0 Å². The molecule has 1 heterocycles. The molecule has 0 bridgehead atoms. The quantitative estimate of drug-likeness (QED) is 0.316. The van der Waals surface area contributed by atoms with E-state index < -0.39 is 24.4 Å². The fourth-order valence-corrected chi connectivity index (χ4v) is 4.33. The summed E-state index contributed by atoms with van der Waals surface area (Å²) >= 11 is 0. The molecule has 0 saturated carbocycles. The third-order valence-electron chi connectivity index (χ3n) is 5.01. The Bertz CT molecular complexity index is 754. The molecule has 1 rings (SSSR count). The predicted molar refractivity (Wildman–Crippen MR) is 110 cm³/mol. The van der Waals surface area contributed by atoms with E-state index in [9.17, 15) is 13.2 Å². The third kappa shape index (κ3) is 7.30. The summed E-state index contributed by atoms with van der Waals surface area (Å²) in [4.78, 5) is 16.1. The van der Waals surface area contributed by atoms with Crippen LogP contribution in [-0.4, -0.2) is 57.8 Å². The largest absolute Gasteiger partial charge is 0.461 e. The van der Waals surface area contributed by atoms with Crippen LogP contribution in [0.5, 0.6) is 0 Å². The molecule has 2 atom stereocenters. The summed E-state index contributed by atoms with van der Waals surface area (Å²) in [6, 6.07) is -0.244. The molecule has 162 valence electrons. The van der Waals surface area contributed by atoms with Crippen LogP contribution in [0.4, 0.5) is 0 Å². The van der Waals surface area contributed by atoms with Crippen molar-refractivity contribution in [1.29, 1.82) is 0 Å². The molecule has 0 aromatic carbocycles. The second kappa shape index (κ2) is 9.51. The predicted octanol–water partition coefficient (Wildman–Crippen LogP) is 3.38. The molecule has 1 aromatic heterocycles. The Hall–Kier alpha value is -1.23. The van der Waals surface area contributed by atoms with E-state index in [1.807, 2.05) is 6.92 Å². The van der Waals surface area contributed by atoms with Crippen LogP contribution in [0.3, 0.4) is 0 Å². The lowest BCUT2D eigenvalue weighted by molar-refractivity contribution is 0.0519. The Kier molecular flexibility index (Phi) is 8.42. The van der Waals surface area contributed by atoms with Gasteiger partial charge in [0, 0.05) is 6.20 Å². The van der Waals surface area contributed by atoms with E-state index in [2.05, 4.69) is 38.8 Å². The molecule has 0 amide bonds. The second-order valence-electron chi connectivity index (χ2n) is 8.39. The molecule has 8 nitrogen and oxygen atoms in total. The molecule has 0 aliphatic rings. The lowest BCUT2D eigenvalue weighted by Crippen LogP contribution is -2.45. The second-order valence-corrected chi connectivity index (χ2v) is 14.8. The summed E-state index contributed by atoms with van der Waals surface area (Å²) in [5.74, 6) is -0.495. The highest BCUT2D eigenvalue weighted by Crippen LogP contribution is 2.38. The number of hydrogen-bond donors (Lipinski definition) is 0. The Morgan fingerprint density at radius 2 is 1.93 bits per heavy atom. The minimum atomic E-state index is -3.53. The fourth-order valence-electron chi connectivity index (χ4n) is 2.50. The van der Waals surface area contributed by atoms with Crippen molar-refractivity contribution in [2.45, 2.75) is 71.3 Å². The highest BCUT2D eigenvalue weighted by Gasteiger charge is 2.40. The fraction of sp³-hybridized carbons (Fsp3) is 0.778. The summed E-state index contributed by atoms with van der Waals surface area (Å²) in [6.45, 7) is 14.8. The Balaban J connectivity index is 3.06. The van der Waals surface area contributed by atoms with Gasteiger partial charge in [-0.25, -0.2) is 9.78 Å². The first-order valence-corrected chi connectivity index (χ1v) is 14.1. The van der Waals surface area contributed by atoms with Crippen molar-refractivity contribution in [3.8, 4) is 0 Å². The van der Waals surface area contributed by atoms with Gasteiger partial charge in [-0.2, -0.15) is 8.42 Å². The van der Waals surface area contributed by atoms with Crippen molar-refractivity contribution in [3.05, 3.63) is 18.2 Å². The van der Waals surface area contributed by atoms with Gasteiger partial charge in [0.15, 0.2) is 14.0 Å². The maximum absolute atomic E-state index is 11.9. The SMILES string of the molecule is CCOC(=O)c1cn(C(CCOS(C)(=O)=O)C(C)O[Si](C)(C)C(C)(C)C)cn1. The standard InChI is InChI=1S/C18H34N2O6SSi/c1-9-24-17(21)15-12-20(13-19-15)16(10-11-25-27(6,22)23)14(2)26-28(7,8)18(3,4)5/h12-14,16H,9-11H2,1-8H3. The van der Waals surface area contributed by atoms with E-state index in [0.717, 1.165) is 6.26 Å². The molecule has 2 unspecified atom stereocenters. The van der Waals surface area contributed by atoms with Crippen LogP contribution in [0.1, 0.15) is 57.6 Å². The lowest BCUT2D eigenvalue weighted by Gasteiger charge is -2.40. The van der Waals surface area contributed by atoms with Crippen LogP contribution in [0.2, 0.25) is 18.1 Å². The van der Waals surface area contributed by atoms with Crippen molar-refractivity contribution in [2.24, 2.45) is 0 Å². The van der Waals surface area contributed by atoms with Gasteiger partial charge in [0.05, 0.1) is 37.9 Å². The Morgan fingerprint density at radius 1 is 1.32 bits per heavy atom. The molecular weight excluding hydrogens is 400 g/mol. The molecule has 0 N–H and O–H groups in total. The molecule has 0 radical (unpaired) electrons. The molecular formula is C18H34N2O6SSi. The number of nitrogens with zero attached hydrogens (tertiary/aromatic N) is 2. The number of aromatic nitrogens is 2. The lowest BCUT2D eigenvalue weighted by atomic mass is 10.1. The van der Waals surface area contributed by atoms with Crippen LogP contribution in [-0.2, 0) is 23.5 Å². The van der Waals surface area contributed by atoms with Gasteiger partial charge in [-0.1, -0.05) is 20.8 Å². The molecule has 0 saturated heterocycles. The van der Waals surface area contributed by atoms with Gasteiger partial charge in [0.25, 0.3) is 10.1 Å². The van der Waals surface area contributed by atoms with Gasteiger partial charge < -0.3 is 13.7 Å². The highest BCUT2D eigenvalue weighted by molar-refractivity contribution is 7.85. The van der Waals surface area contributed by atoms with Crippen molar-refractivity contribution in [1.82, 2.24) is 9.55 Å². The van der Waals surface area contributed by atoms with Crippen molar-refractivity contribution in [2.75, 3.05) is 19.5 Å². The summed E-state index contributed by atoms with van der Waals surface area (Å²) in [6.07, 6.45) is 4.33. The number of esters is 1. The zero-order chi connectivity index (χ0) is 21.8. The maximum Gasteiger partial charge on any atom is 0.358 e. The first-order valence-electron chi connectivity index (χ1n) is 9.40. The van der Waals surface area contributed by atoms with E-state index >= 15 is 0 Å². The maximum atomic E-state index is 11.9. The minimum Gasteiger partial charge on any atom is -0.461 e. The van der Waals surface area contributed by atoms with E-state index in [-0.39, 0.29) is 36.1 Å². The van der Waals surface area contributed by atoms with Gasteiger partial charge in [-0.3, -0.25) is 4.18 Å². The average Bonchev–Trinajstić information content (AvgIpc) is 2.98. The van der Waals surface area contributed by atoms with Crippen LogP contribution < -0.4 is 0 Å². The summed E-state index contributed by atoms with van der Waals surface area (Å²) in [7, 11) is -5.58. The zero-order valence-electron chi connectivity index (χ0n) is 18.2. The smallest absolute Gasteiger partial charge is 0.358 e. The Labute approximate surface area is 169 Å². The molecule has 28 heavy (non-hydrogen) atoms. The number of rotatable bonds is 10. The summed E-state index contributed by atoms with van der Waals surface area (Å²) in [5.41, 5.74) is 0.204. The van der Waals surface area contributed by atoms with Gasteiger partial charge in [0.1, 0.15) is 0 Å². The normalized spacial score (nSPS) is 15.3. The van der Waals surface area contributed by atoms with E-state index in [1.54, 1.807) is 24.0 Å².